The van der Waals surface area contributed by atoms with Gasteiger partial charge >= 0.3 is 0 Å². The van der Waals surface area contributed by atoms with Crippen LogP contribution in [-0.4, -0.2) is 16.5 Å². The molecule has 1 heterocycles. The highest BCUT2D eigenvalue weighted by molar-refractivity contribution is 6.30. The van der Waals surface area contributed by atoms with E-state index >= 15 is 0 Å². The lowest BCUT2D eigenvalue weighted by atomic mass is 9.95. The van der Waals surface area contributed by atoms with Crippen molar-refractivity contribution in [2.45, 2.75) is 52.0 Å². The summed E-state index contributed by atoms with van der Waals surface area (Å²) in [7, 11) is 0. The normalized spacial score (nSPS) is 15.3. The Kier molecular flexibility index (Phi) is 6.21. The van der Waals surface area contributed by atoms with Gasteiger partial charge in [0.05, 0.1) is 5.02 Å². The Morgan fingerprint density at radius 3 is 2.64 bits per heavy atom. The predicted octanol–water partition coefficient (Wildman–Crippen LogP) is 5.24. The zero-order valence-corrected chi connectivity index (χ0v) is 16.8. The third-order valence-electron chi connectivity index (χ3n) is 5.24. The van der Waals surface area contributed by atoms with Gasteiger partial charge in [-0.3, -0.25) is 4.79 Å². The molecule has 0 radical (unpaired) electrons. The van der Waals surface area contributed by atoms with E-state index in [-0.39, 0.29) is 22.5 Å². The average molecular weight is 400 g/mol. The minimum absolute atomic E-state index is 0.0478. The third-order valence-corrected chi connectivity index (χ3v) is 5.53. The maximum Gasteiger partial charge on any atom is 0.262 e. The van der Waals surface area contributed by atoms with Crippen LogP contribution in [0.5, 0.6) is 0 Å². The van der Waals surface area contributed by atoms with E-state index in [4.69, 9.17) is 11.6 Å². The van der Waals surface area contributed by atoms with Crippen LogP contribution >= 0.6 is 11.6 Å². The summed E-state index contributed by atoms with van der Waals surface area (Å²) < 4.78 is 15.4. The van der Waals surface area contributed by atoms with Gasteiger partial charge in [-0.05, 0) is 62.6 Å². The summed E-state index contributed by atoms with van der Waals surface area (Å²) in [4.78, 5) is 12.5. The molecule has 0 bridgehead atoms. The number of aryl methyl sites for hydroxylation is 1. The molecule has 3 rings (SSSR count). The van der Waals surface area contributed by atoms with Crippen LogP contribution < -0.4 is 5.32 Å². The molecule has 4 nitrogen and oxygen atoms in total. The second kappa shape index (κ2) is 8.62. The van der Waals surface area contributed by atoms with Crippen molar-refractivity contribution in [1.82, 2.24) is 9.88 Å². The van der Waals surface area contributed by atoms with Crippen LogP contribution in [0.2, 0.25) is 5.02 Å². The molecule has 1 aromatic heterocycles. The van der Waals surface area contributed by atoms with E-state index in [1.165, 1.54) is 12.5 Å². The summed E-state index contributed by atoms with van der Waals surface area (Å²) >= 11 is 5.92. The van der Waals surface area contributed by atoms with E-state index in [0.29, 0.717) is 0 Å². The molecule has 1 aliphatic carbocycles. The van der Waals surface area contributed by atoms with Gasteiger partial charge in [-0.1, -0.05) is 30.9 Å². The molecule has 1 saturated carbocycles. The van der Waals surface area contributed by atoms with Gasteiger partial charge < -0.3 is 9.88 Å². The van der Waals surface area contributed by atoms with E-state index in [2.05, 4.69) is 5.32 Å². The number of rotatable bonds is 4. The maximum absolute atomic E-state index is 13.5. The molecule has 1 amide bonds. The number of nitrogens with one attached hydrogen (secondary N) is 1. The van der Waals surface area contributed by atoms with Crippen LogP contribution in [0.1, 0.15) is 49.1 Å². The highest BCUT2D eigenvalue weighted by Gasteiger charge is 2.19. The number of halogens is 2. The monoisotopic (exact) mass is 399 g/mol. The fraction of sp³-hybridized carbons (Fsp3) is 0.364. The number of nitrogens with zero attached hydrogens (tertiary/aromatic N) is 2. The van der Waals surface area contributed by atoms with E-state index in [1.807, 2.05) is 30.6 Å². The number of amides is 1. The summed E-state index contributed by atoms with van der Waals surface area (Å²) in [6.07, 6.45) is 6.96. The third kappa shape index (κ3) is 4.28. The highest BCUT2D eigenvalue weighted by atomic mass is 35.5. The number of hydrogen-bond acceptors (Lipinski definition) is 2. The van der Waals surface area contributed by atoms with E-state index < -0.39 is 5.82 Å². The second-order valence-corrected chi connectivity index (χ2v) is 7.65. The van der Waals surface area contributed by atoms with Crippen molar-refractivity contribution in [1.29, 1.82) is 5.26 Å². The van der Waals surface area contributed by atoms with Gasteiger partial charge in [-0.25, -0.2) is 4.39 Å². The predicted molar refractivity (Wildman–Crippen MR) is 109 cm³/mol. The van der Waals surface area contributed by atoms with Crippen molar-refractivity contribution >= 4 is 23.6 Å². The summed E-state index contributed by atoms with van der Waals surface area (Å²) in [5, 5.41) is 12.5. The number of aromatic nitrogens is 1. The van der Waals surface area contributed by atoms with Crippen LogP contribution in [0.4, 0.5) is 4.39 Å². The molecular weight excluding hydrogens is 377 g/mol. The van der Waals surface area contributed by atoms with Gasteiger partial charge in [0.25, 0.3) is 5.91 Å². The summed E-state index contributed by atoms with van der Waals surface area (Å²) in [6.45, 7) is 3.81. The zero-order chi connectivity index (χ0) is 20.3. The van der Waals surface area contributed by atoms with Crippen molar-refractivity contribution in [2.75, 3.05) is 0 Å². The smallest absolute Gasteiger partial charge is 0.262 e. The van der Waals surface area contributed by atoms with Gasteiger partial charge in [-0.15, -0.1) is 0 Å². The molecule has 0 unspecified atom stereocenters. The van der Waals surface area contributed by atoms with Gasteiger partial charge in [0, 0.05) is 23.1 Å². The summed E-state index contributed by atoms with van der Waals surface area (Å²) in [5.74, 6) is -0.803. The first-order valence-corrected chi connectivity index (χ1v) is 9.85. The number of benzene rings is 1. The first kappa shape index (κ1) is 20.2. The van der Waals surface area contributed by atoms with E-state index in [9.17, 15) is 14.4 Å². The first-order chi connectivity index (χ1) is 13.4. The molecule has 28 heavy (non-hydrogen) atoms. The maximum atomic E-state index is 13.5. The Hall–Kier alpha value is -2.58. The lowest BCUT2D eigenvalue weighted by Gasteiger charge is -2.22. The van der Waals surface area contributed by atoms with Crippen molar-refractivity contribution < 1.29 is 9.18 Å². The molecule has 0 aliphatic heterocycles. The number of carbonyl (C=O) groups excluding carboxylic acids is 1. The quantitative estimate of drug-likeness (QED) is 0.564. The molecule has 0 saturated heterocycles. The fourth-order valence-electron chi connectivity index (χ4n) is 3.77. The zero-order valence-electron chi connectivity index (χ0n) is 16.1. The van der Waals surface area contributed by atoms with Gasteiger partial charge in [0.15, 0.2) is 0 Å². The standard InChI is InChI=1S/C22H23ClFN3O/c1-14-10-16(15(2)27(14)19-8-9-21(24)20(23)12-19)11-17(13-25)22(28)26-18-6-4-3-5-7-18/h8-12,18H,3-7H2,1-2H3,(H,26,28)/b17-11-. The molecule has 2 aromatic rings. The average Bonchev–Trinajstić information content (AvgIpc) is 2.96. The molecule has 1 aliphatic rings. The number of nitriles is 1. The van der Waals surface area contributed by atoms with Crippen LogP contribution in [0.3, 0.4) is 0 Å². The SMILES string of the molecule is Cc1cc(/C=C(/C#N)C(=O)NC2CCCCC2)c(C)n1-c1ccc(F)c(Cl)c1. The molecule has 1 N–H and O–H groups in total. The molecule has 0 spiro atoms. The Morgan fingerprint density at radius 1 is 1.29 bits per heavy atom. The van der Waals surface area contributed by atoms with E-state index in [1.54, 1.807) is 18.2 Å². The molecular formula is C22H23ClFN3O. The van der Waals surface area contributed by atoms with E-state index in [0.717, 1.165) is 48.3 Å². The molecule has 146 valence electrons. The molecule has 1 aromatic carbocycles. The minimum Gasteiger partial charge on any atom is -0.349 e. The Bertz CT molecular complexity index is 965. The van der Waals surface area contributed by atoms with Crippen molar-refractivity contribution in [3.63, 3.8) is 0 Å². The minimum atomic E-state index is -0.473. The van der Waals surface area contributed by atoms with Crippen LogP contribution in [-0.2, 0) is 4.79 Å². The largest absolute Gasteiger partial charge is 0.349 e. The van der Waals surface area contributed by atoms with Gasteiger partial charge in [0.2, 0.25) is 0 Å². The number of hydrogen-bond donors (Lipinski definition) is 1. The molecule has 0 atom stereocenters. The fourth-order valence-corrected chi connectivity index (χ4v) is 3.94. The van der Waals surface area contributed by atoms with Crippen molar-refractivity contribution in [3.05, 3.63) is 57.6 Å². The molecule has 1 fully saturated rings. The van der Waals surface area contributed by atoms with Crippen molar-refractivity contribution in [2.24, 2.45) is 0 Å². The Labute approximate surface area is 169 Å². The van der Waals surface area contributed by atoms with Gasteiger partial charge in [-0.2, -0.15) is 5.26 Å². The van der Waals surface area contributed by atoms with Crippen LogP contribution in [0, 0.1) is 31.0 Å². The lowest BCUT2D eigenvalue weighted by molar-refractivity contribution is -0.117. The lowest BCUT2D eigenvalue weighted by Crippen LogP contribution is -2.36. The highest BCUT2D eigenvalue weighted by Crippen LogP contribution is 2.26. The first-order valence-electron chi connectivity index (χ1n) is 9.47. The molecule has 6 heteroatoms. The number of carbonyl (C=O) groups is 1. The van der Waals surface area contributed by atoms with Gasteiger partial charge in [0.1, 0.15) is 17.5 Å². The second-order valence-electron chi connectivity index (χ2n) is 7.24. The topological polar surface area (TPSA) is 57.8 Å². The summed E-state index contributed by atoms with van der Waals surface area (Å²) in [6, 6.07) is 8.60. The summed E-state index contributed by atoms with van der Waals surface area (Å²) in [5.41, 5.74) is 3.33. The Morgan fingerprint density at radius 2 is 2.00 bits per heavy atom. The van der Waals surface area contributed by atoms with Crippen LogP contribution in [0.25, 0.3) is 11.8 Å². The van der Waals surface area contributed by atoms with Crippen LogP contribution in [0.15, 0.2) is 29.8 Å². The Balaban J connectivity index is 1.89. The van der Waals surface area contributed by atoms with Crippen molar-refractivity contribution in [3.8, 4) is 11.8 Å².